The molecule has 1 unspecified atom stereocenters. The van der Waals surface area contributed by atoms with Gasteiger partial charge in [-0.25, -0.2) is 0 Å². The lowest BCUT2D eigenvalue weighted by atomic mass is 9.94. The van der Waals surface area contributed by atoms with Crippen molar-refractivity contribution in [3.8, 4) is 0 Å². The van der Waals surface area contributed by atoms with Crippen molar-refractivity contribution in [2.45, 2.75) is 367 Å². The van der Waals surface area contributed by atoms with E-state index in [1.54, 1.807) is 30.3 Å². The van der Waals surface area contributed by atoms with Crippen LogP contribution in [0, 0.1) is 37.9 Å². The summed E-state index contributed by atoms with van der Waals surface area (Å²) in [6.07, 6.45) is -78.1. The number of fused-ring (bicyclic) bond motifs is 7. The lowest BCUT2D eigenvalue weighted by Crippen LogP contribution is -2.69. The standard InChI is InChI=1S/C85H134O43/c1-79(2,3)72(99)107-28-36-56-43(86)49(92)66(114-36)122-58-38(30-109-74(101)81(7,8)9)116-68(51(94)45(58)88)124-60-40(32-111-76(103)83(13,14)15)118-70(53(96)47(60)90)126-62-42(34-113-78(105)85(19,20)21)120-71(63(55(62)98)128-64(106-22)35-26-24-23-25-27-35)127-61-41(33-112-77(104)84(16,17)18)119-69(54(97)48(61)91)125-59-39(31-110-75(102)82(10,11)12)117-67(52(95)46(59)89)123-57-37(29-108-73(100)80(4,5)6)115-65(121-56)50(93)44(57)87/h23-27,36-71,86-98H,28-34H2,1-22H3/t36-,37-,38-,39-,40-,41-,42-,43-,44-,45-,46-,47-,48-,49-,50-,51-,52-,53-,54-,55+,56-,57-,58-,59-,60-,61-,62-,63-,64?,65-,66-,67-,68-,69-,70-,71-/m1/s1. The quantitative estimate of drug-likeness (QED) is 0.0443. The van der Waals surface area contributed by atoms with Crippen molar-refractivity contribution < 1.29 is 209 Å². The monoisotopic (exact) mass is 1840 g/mol. The van der Waals surface area contributed by atoms with Crippen molar-refractivity contribution in [1.82, 2.24) is 0 Å². The topological polar surface area (TPSA) is 595 Å². The van der Waals surface area contributed by atoms with Crippen molar-refractivity contribution in [1.29, 1.82) is 0 Å². The number of aliphatic hydroxyl groups excluding tert-OH is 13. The highest BCUT2D eigenvalue weighted by Gasteiger charge is 2.62. The number of carbonyl (C=O) groups is 7. The third-order valence-electron chi connectivity index (χ3n) is 22.0. The molecule has 0 radical (unpaired) electrons. The third kappa shape index (κ3) is 25.9. The molecule has 128 heavy (non-hydrogen) atoms. The predicted molar refractivity (Wildman–Crippen MR) is 427 cm³/mol. The summed E-state index contributed by atoms with van der Waals surface area (Å²) in [7, 11) is 1.21. The number of benzene rings is 1. The van der Waals surface area contributed by atoms with Gasteiger partial charge in [0, 0.05) is 12.7 Å². The second-order valence-corrected chi connectivity index (χ2v) is 40.4. The number of carbonyl (C=O) groups excluding carboxylic acids is 7. The summed E-state index contributed by atoms with van der Waals surface area (Å²) >= 11 is 0. The zero-order valence-corrected chi connectivity index (χ0v) is 76.2. The Balaban J connectivity index is 1.22. The van der Waals surface area contributed by atoms with Crippen LogP contribution in [0.3, 0.4) is 0 Å². The summed E-state index contributed by atoms with van der Waals surface area (Å²) in [6.45, 7) is 24.8. The Bertz CT molecular complexity index is 3770. The first-order valence-electron chi connectivity index (χ1n) is 42.6. The second-order valence-electron chi connectivity index (χ2n) is 40.4. The van der Waals surface area contributed by atoms with Gasteiger partial charge in [-0.3, -0.25) is 33.6 Å². The van der Waals surface area contributed by atoms with E-state index in [9.17, 15) is 99.9 Å². The van der Waals surface area contributed by atoms with E-state index in [1.807, 2.05) is 0 Å². The zero-order chi connectivity index (χ0) is 95.7. The molecule has 0 aliphatic carbocycles. The molecular formula is C85H134O43. The van der Waals surface area contributed by atoms with E-state index in [1.165, 1.54) is 153 Å². The van der Waals surface area contributed by atoms with Crippen LogP contribution in [0.5, 0.6) is 0 Å². The number of hydrogen-bond acceptors (Lipinski definition) is 43. The Hall–Kier alpha value is -5.65. The molecule has 0 aromatic heterocycles. The van der Waals surface area contributed by atoms with Gasteiger partial charge in [0.05, 0.1) is 37.9 Å². The van der Waals surface area contributed by atoms with Crippen LogP contribution in [0.25, 0.3) is 0 Å². The maximum atomic E-state index is 13.9. The van der Waals surface area contributed by atoms with Gasteiger partial charge in [0.25, 0.3) is 0 Å². The molecule has 0 amide bonds. The first-order chi connectivity index (χ1) is 59.1. The molecule has 0 spiro atoms. The molecule has 0 saturated carbocycles. The summed E-state index contributed by atoms with van der Waals surface area (Å²) in [5.41, 5.74) is -8.54. The van der Waals surface area contributed by atoms with E-state index < -0.39 is 347 Å². The van der Waals surface area contributed by atoms with Crippen LogP contribution in [0.15, 0.2) is 30.3 Å². The van der Waals surface area contributed by atoms with Gasteiger partial charge in [-0.1, -0.05) is 30.3 Å². The molecule has 43 heteroatoms. The molecule has 36 atom stereocenters. The van der Waals surface area contributed by atoms with Crippen LogP contribution in [0.2, 0.25) is 0 Å². The van der Waals surface area contributed by atoms with Crippen molar-refractivity contribution in [2.24, 2.45) is 37.9 Å². The largest absolute Gasteiger partial charge is 0.462 e. The highest BCUT2D eigenvalue weighted by Crippen LogP contribution is 2.43. The van der Waals surface area contributed by atoms with Gasteiger partial charge in [-0.15, -0.1) is 0 Å². The molecule has 15 aliphatic rings. The van der Waals surface area contributed by atoms with E-state index in [2.05, 4.69) is 0 Å². The van der Waals surface area contributed by atoms with Crippen LogP contribution in [0.4, 0.5) is 0 Å². The molecular weight excluding hydrogens is 1710 g/mol. The number of hydrogen-bond donors (Lipinski definition) is 13. The van der Waals surface area contributed by atoms with Gasteiger partial charge in [-0.05, 0) is 145 Å². The highest BCUT2D eigenvalue weighted by molar-refractivity contribution is 5.78. The molecule has 16 rings (SSSR count). The van der Waals surface area contributed by atoms with Crippen molar-refractivity contribution in [2.75, 3.05) is 53.4 Å². The van der Waals surface area contributed by atoms with Gasteiger partial charge < -0.3 is 175 Å². The highest BCUT2D eigenvalue weighted by atomic mass is 16.8. The molecule has 14 bridgehead atoms. The van der Waals surface area contributed by atoms with Crippen LogP contribution in [-0.2, 0) is 143 Å². The number of rotatable bonds is 18. The fraction of sp³-hybridized carbons (Fsp3) is 0.847. The first-order valence-corrected chi connectivity index (χ1v) is 42.6. The smallest absolute Gasteiger partial charge is 0.311 e. The minimum atomic E-state index is -2.41. The molecule has 15 fully saturated rings. The maximum absolute atomic E-state index is 13.9. The summed E-state index contributed by atoms with van der Waals surface area (Å²) in [4.78, 5) is 96.3. The number of methoxy groups -OCH3 is 1. The van der Waals surface area contributed by atoms with Gasteiger partial charge >= 0.3 is 41.8 Å². The molecule has 15 saturated heterocycles. The minimum absolute atomic E-state index is 0.274. The molecule has 43 nitrogen and oxygen atoms in total. The molecule has 732 valence electrons. The SMILES string of the molecule is COC(O[C@H]1[C@H]2O[C@H]3[C@H](O)[C@@H](O)[C@@H](O[C@H]4[C@H](O)[C@@H](O)[C@@H](O[C@H]5[C@H](O)[C@@H](O)[C@@H](O[C@H]6[C@H](O)[C@@H](O)[C@@H](O[C@H]7[C@H](O)[C@@H](O)[C@@H](O[C@H]8[C@H](O)[C@@H](O)[C@@H](O[C@@H]([C@@H]1O)[C@@H](COC(=O)C(C)(C)C)O2)O[C@@H]8COC(=O)C(C)(C)C)O[C@@H]7COC(=O)C(C)(C)C)O[C@@H]6COC(=O)C(C)(C)C)O[C@@H]5COC(=O)C(C)(C)C)O[C@@H]4COC(=O)C(C)(C)C)O[C@@H]3COC(=O)C(C)(C)C)c1ccccc1. The van der Waals surface area contributed by atoms with E-state index in [0.29, 0.717) is 0 Å². The van der Waals surface area contributed by atoms with E-state index in [-0.39, 0.29) is 5.56 Å². The number of esters is 7. The molecule has 13 N–H and O–H groups in total. The van der Waals surface area contributed by atoms with Gasteiger partial charge in [0.2, 0.25) is 0 Å². The Kier molecular flexibility index (Phi) is 35.2. The average molecular weight is 1840 g/mol. The minimum Gasteiger partial charge on any atom is -0.462 e. The van der Waals surface area contributed by atoms with Crippen LogP contribution in [0.1, 0.15) is 157 Å². The Morgan fingerprint density at radius 1 is 0.250 bits per heavy atom. The molecule has 15 aliphatic heterocycles. The van der Waals surface area contributed by atoms with E-state index in [4.69, 9.17) is 109 Å². The Morgan fingerprint density at radius 3 is 0.586 bits per heavy atom. The number of aliphatic hydroxyl groups is 13. The number of ether oxygens (including phenoxy) is 23. The Labute approximate surface area is 741 Å². The molecule has 15 heterocycles. The van der Waals surface area contributed by atoms with Gasteiger partial charge in [0.1, 0.15) is 217 Å². The van der Waals surface area contributed by atoms with Crippen molar-refractivity contribution in [3.05, 3.63) is 35.9 Å². The summed E-state index contributed by atoms with van der Waals surface area (Å²) in [6, 6.07) is 7.98. The molecule has 1 aromatic carbocycles. The second kappa shape index (κ2) is 42.5. The van der Waals surface area contributed by atoms with Gasteiger partial charge in [-0.2, -0.15) is 0 Å². The fourth-order valence-corrected chi connectivity index (χ4v) is 14.1. The van der Waals surface area contributed by atoms with Gasteiger partial charge in [0.15, 0.2) is 50.3 Å². The predicted octanol–water partition coefficient (Wildman–Crippen LogP) is -1.68. The summed E-state index contributed by atoms with van der Waals surface area (Å²) in [5.74, 6) is -6.24. The van der Waals surface area contributed by atoms with Crippen LogP contribution < -0.4 is 0 Å². The van der Waals surface area contributed by atoms with Crippen LogP contribution in [-0.4, -0.2) is 376 Å². The lowest BCUT2D eigenvalue weighted by molar-refractivity contribution is -0.403. The fourth-order valence-electron chi connectivity index (χ4n) is 14.1. The normalized spacial score (nSPS) is 38.9. The van der Waals surface area contributed by atoms with Crippen molar-refractivity contribution >= 4 is 41.8 Å². The Morgan fingerprint density at radius 2 is 0.414 bits per heavy atom. The average Bonchev–Trinajstić information content (AvgIpc) is 0.775. The summed E-state index contributed by atoms with van der Waals surface area (Å²) in [5, 5.41) is 163. The maximum Gasteiger partial charge on any atom is 0.311 e. The first kappa shape index (κ1) is 106. The van der Waals surface area contributed by atoms with E-state index >= 15 is 0 Å². The summed E-state index contributed by atoms with van der Waals surface area (Å²) < 4.78 is 142. The van der Waals surface area contributed by atoms with Crippen LogP contribution >= 0.6 is 0 Å². The zero-order valence-electron chi connectivity index (χ0n) is 76.2. The lowest BCUT2D eigenvalue weighted by Gasteiger charge is -2.51. The van der Waals surface area contributed by atoms with E-state index in [0.717, 1.165) is 0 Å². The van der Waals surface area contributed by atoms with Crippen molar-refractivity contribution in [3.63, 3.8) is 0 Å². The molecule has 1 aromatic rings. The third-order valence-corrected chi connectivity index (χ3v) is 22.0.